The molecule has 0 unspecified atom stereocenters. The zero-order chi connectivity index (χ0) is 15.1. The van der Waals surface area contributed by atoms with Gasteiger partial charge in [0.2, 0.25) is 0 Å². The molecule has 0 radical (unpaired) electrons. The molecular formula is C14H20N2O4. The molecule has 0 saturated carbocycles. The summed E-state index contributed by atoms with van der Waals surface area (Å²) in [5, 5.41) is 8.64. The Bertz CT molecular complexity index is 488. The lowest BCUT2D eigenvalue weighted by atomic mass is 10.1. The zero-order valence-corrected chi connectivity index (χ0v) is 11.8. The summed E-state index contributed by atoms with van der Waals surface area (Å²) in [4.78, 5) is 24.0. The number of nitrogens with zero attached hydrogens (tertiary/aromatic N) is 1. The average Bonchev–Trinajstić information content (AvgIpc) is 2.36. The van der Waals surface area contributed by atoms with E-state index in [0.717, 1.165) is 6.42 Å². The van der Waals surface area contributed by atoms with Gasteiger partial charge in [-0.25, -0.2) is 0 Å². The third-order valence-corrected chi connectivity index (χ3v) is 2.61. The van der Waals surface area contributed by atoms with E-state index in [2.05, 4.69) is 0 Å². The third-order valence-electron chi connectivity index (χ3n) is 2.61. The van der Waals surface area contributed by atoms with Crippen LogP contribution in [0, 0.1) is 0 Å². The number of carbonyl (C=O) groups is 2. The first-order valence-corrected chi connectivity index (χ1v) is 6.40. The number of ether oxygens (including phenoxy) is 1. The van der Waals surface area contributed by atoms with Crippen LogP contribution in [0.2, 0.25) is 0 Å². The summed E-state index contributed by atoms with van der Waals surface area (Å²) in [6.07, 6.45) is 0.875. The predicted octanol–water partition coefficient (Wildman–Crippen LogP) is 1.26. The van der Waals surface area contributed by atoms with Crippen LogP contribution < -0.4 is 10.5 Å². The molecule has 0 heterocycles. The second-order valence-corrected chi connectivity index (χ2v) is 4.59. The number of carbonyl (C=O) groups excluding carboxylic acids is 1. The molecule has 6 nitrogen and oxygen atoms in total. The first-order chi connectivity index (χ1) is 9.43. The highest BCUT2D eigenvalue weighted by Gasteiger charge is 2.13. The Balaban J connectivity index is 2.69. The predicted molar refractivity (Wildman–Crippen MR) is 76.1 cm³/mol. The fourth-order valence-corrected chi connectivity index (χ4v) is 1.69. The summed E-state index contributed by atoms with van der Waals surface area (Å²) < 4.78 is 5.43. The Labute approximate surface area is 118 Å². The molecule has 1 aromatic carbocycles. The number of carboxylic acid groups (broad SMARTS) is 1. The van der Waals surface area contributed by atoms with E-state index in [4.69, 9.17) is 15.6 Å². The maximum absolute atomic E-state index is 12.0. The maximum atomic E-state index is 12.0. The number of carboxylic acids is 1. The van der Waals surface area contributed by atoms with Gasteiger partial charge in [-0.3, -0.25) is 14.5 Å². The molecule has 0 bridgehead atoms. The van der Waals surface area contributed by atoms with Gasteiger partial charge in [0.15, 0.2) is 5.78 Å². The largest absolute Gasteiger partial charge is 0.491 e. The first-order valence-electron chi connectivity index (χ1n) is 6.40. The van der Waals surface area contributed by atoms with Gasteiger partial charge in [-0.15, -0.1) is 0 Å². The van der Waals surface area contributed by atoms with E-state index in [0.29, 0.717) is 23.6 Å². The molecule has 0 atom stereocenters. The number of likely N-dealkylation sites (N-methyl/N-ethyl adjacent to an activating group) is 1. The second-order valence-electron chi connectivity index (χ2n) is 4.59. The summed E-state index contributed by atoms with van der Waals surface area (Å²) in [6, 6.07) is 4.86. The van der Waals surface area contributed by atoms with Gasteiger partial charge in [-0.1, -0.05) is 6.92 Å². The Morgan fingerprint density at radius 3 is 2.60 bits per heavy atom. The molecule has 0 spiro atoms. The highest BCUT2D eigenvalue weighted by atomic mass is 16.5. The minimum absolute atomic E-state index is 0.0287. The zero-order valence-electron chi connectivity index (χ0n) is 11.8. The van der Waals surface area contributed by atoms with E-state index in [9.17, 15) is 9.59 Å². The molecule has 0 amide bonds. The maximum Gasteiger partial charge on any atom is 0.317 e. The van der Waals surface area contributed by atoms with Crippen molar-refractivity contribution in [1.82, 2.24) is 4.90 Å². The molecule has 1 rings (SSSR count). The summed E-state index contributed by atoms with van der Waals surface area (Å²) in [5.74, 6) is -0.590. The SMILES string of the molecule is CCCOc1ccc(C(=O)CN(C)CC(=O)O)cc1N. The lowest BCUT2D eigenvalue weighted by Crippen LogP contribution is -2.31. The lowest BCUT2D eigenvalue weighted by Gasteiger charge is -2.14. The standard InChI is InChI=1S/C14H20N2O4/c1-3-6-20-13-5-4-10(7-11(13)15)12(17)8-16(2)9-14(18)19/h4-5,7H,3,6,8-9,15H2,1-2H3,(H,18,19). The monoisotopic (exact) mass is 280 g/mol. The van der Waals surface area contributed by atoms with Crippen molar-refractivity contribution in [2.45, 2.75) is 13.3 Å². The molecule has 0 saturated heterocycles. The van der Waals surface area contributed by atoms with Crippen LogP contribution in [-0.4, -0.2) is 48.5 Å². The van der Waals surface area contributed by atoms with E-state index in [1.165, 1.54) is 4.90 Å². The summed E-state index contributed by atoms with van der Waals surface area (Å²) in [6.45, 7) is 2.41. The molecule has 0 aliphatic rings. The normalized spacial score (nSPS) is 10.6. The van der Waals surface area contributed by atoms with Crippen LogP contribution in [0.25, 0.3) is 0 Å². The highest BCUT2D eigenvalue weighted by molar-refractivity contribution is 5.98. The molecular weight excluding hydrogens is 260 g/mol. The molecule has 0 aliphatic heterocycles. The summed E-state index contributed by atoms with van der Waals surface area (Å²) in [5.41, 5.74) is 6.68. The van der Waals surface area contributed by atoms with Gasteiger partial charge in [0.05, 0.1) is 25.4 Å². The van der Waals surface area contributed by atoms with Gasteiger partial charge in [0.1, 0.15) is 5.75 Å². The smallest absolute Gasteiger partial charge is 0.317 e. The van der Waals surface area contributed by atoms with Crippen LogP contribution >= 0.6 is 0 Å². The van der Waals surface area contributed by atoms with E-state index >= 15 is 0 Å². The quantitative estimate of drug-likeness (QED) is 0.550. The molecule has 0 fully saturated rings. The van der Waals surface area contributed by atoms with Crippen LogP contribution in [0.15, 0.2) is 18.2 Å². The van der Waals surface area contributed by atoms with Crippen molar-refractivity contribution in [3.63, 3.8) is 0 Å². The molecule has 0 aliphatic carbocycles. The Morgan fingerprint density at radius 1 is 1.35 bits per heavy atom. The van der Waals surface area contributed by atoms with E-state index in [-0.39, 0.29) is 18.9 Å². The molecule has 1 aromatic rings. The minimum atomic E-state index is -0.969. The number of rotatable bonds is 8. The second kappa shape index (κ2) is 7.49. The van der Waals surface area contributed by atoms with Gasteiger partial charge < -0.3 is 15.6 Å². The molecule has 0 aromatic heterocycles. The number of benzene rings is 1. The highest BCUT2D eigenvalue weighted by Crippen LogP contribution is 2.23. The van der Waals surface area contributed by atoms with Gasteiger partial charge in [0, 0.05) is 5.56 Å². The molecule has 110 valence electrons. The van der Waals surface area contributed by atoms with E-state index in [1.54, 1.807) is 25.2 Å². The lowest BCUT2D eigenvalue weighted by molar-refractivity contribution is -0.137. The topological polar surface area (TPSA) is 92.9 Å². The fourth-order valence-electron chi connectivity index (χ4n) is 1.69. The van der Waals surface area contributed by atoms with Crippen LogP contribution in [0.5, 0.6) is 5.75 Å². The van der Waals surface area contributed by atoms with Gasteiger partial charge in [-0.05, 0) is 31.7 Å². The summed E-state index contributed by atoms with van der Waals surface area (Å²) >= 11 is 0. The number of nitrogens with two attached hydrogens (primary N) is 1. The third kappa shape index (κ3) is 4.89. The minimum Gasteiger partial charge on any atom is -0.491 e. The van der Waals surface area contributed by atoms with Crippen molar-refractivity contribution in [2.75, 3.05) is 32.5 Å². The number of Topliss-reactive ketones (excluding diaryl/α,β-unsaturated/α-hetero) is 1. The number of nitrogen functional groups attached to an aromatic ring is 1. The summed E-state index contributed by atoms with van der Waals surface area (Å²) in [7, 11) is 1.58. The average molecular weight is 280 g/mol. The number of ketones is 1. The van der Waals surface area contributed by atoms with Gasteiger partial charge in [0.25, 0.3) is 0 Å². The van der Waals surface area contributed by atoms with Crippen molar-refractivity contribution >= 4 is 17.4 Å². The van der Waals surface area contributed by atoms with Crippen molar-refractivity contribution < 1.29 is 19.4 Å². The Hall–Kier alpha value is -2.08. The van der Waals surface area contributed by atoms with E-state index < -0.39 is 5.97 Å². The molecule has 6 heteroatoms. The number of anilines is 1. The van der Waals surface area contributed by atoms with Gasteiger partial charge in [-0.2, -0.15) is 0 Å². The van der Waals surface area contributed by atoms with Crippen LogP contribution in [0.3, 0.4) is 0 Å². The van der Waals surface area contributed by atoms with Crippen LogP contribution in [0.1, 0.15) is 23.7 Å². The van der Waals surface area contributed by atoms with Crippen LogP contribution in [0.4, 0.5) is 5.69 Å². The Morgan fingerprint density at radius 2 is 2.05 bits per heavy atom. The van der Waals surface area contributed by atoms with Gasteiger partial charge >= 0.3 is 5.97 Å². The van der Waals surface area contributed by atoms with Crippen molar-refractivity contribution in [1.29, 1.82) is 0 Å². The van der Waals surface area contributed by atoms with Crippen molar-refractivity contribution in [3.05, 3.63) is 23.8 Å². The number of aliphatic carboxylic acids is 1. The van der Waals surface area contributed by atoms with E-state index in [1.807, 2.05) is 6.92 Å². The Kier molecular flexibility index (Phi) is 5.99. The van der Waals surface area contributed by atoms with Crippen molar-refractivity contribution in [2.24, 2.45) is 0 Å². The fraction of sp³-hybridized carbons (Fsp3) is 0.429. The number of hydrogen-bond donors (Lipinski definition) is 2. The van der Waals surface area contributed by atoms with Crippen molar-refractivity contribution in [3.8, 4) is 5.75 Å². The molecule has 20 heavy (non-hydrogen) atoms. The van der Waals surface area contributed by atoms with Crippen LogP contribution in [-0.2, 0) is 4.79 Å². The molecule has 3 N–H and O–H groups in total. The first kappa shape index (κ1) is 16.0. The number of hydrogen-bond acceptors (Lipinski definition) is 5.